The second-order valence-corrected chi connectivity index (χ2v) is 6.80. The van der Waals surface area contributed by atoms with Gasteiger partial charge in [-0.25, -0.2) is 8.78 Å². The zero-order chi connectivity index (χ0) is 21.8. The molecule has 0 radical (unpaired) electrons. The lowest BCUT2D eigenvalue weighted by atomic mass is 10.2. The predicted octanol–water partition coefficient (Wildman–Crippen LogP) is 4.34. The first kappa shape index (κ1) is 20.3. The molecule has 2 aromatic heterocycles. The highest BCUT2D eigenvalue weighted by Gasteiger charge is 2.21. The summed E-state index contributed by atoms with van der Waals surface area (Å²) in [6.45, 7) is 1.90. The second-order valence-electron chi connectivity index (χ2n) is 6.80. The third kappa shape index (κ3) is 4.77. The average Bonchev–Trinajstić information content (AvgIpc) is 3.33. The van der Waals surface area contributed by atoms with Gasteiger partial charge in [0.05, 0.1) is 24.0 Å². The molecular formula is C22H18F2N4O3. The standard InChI is InChI=1S/C22H18F2N4O3/c1-14-18(13-30-20-8-3-2-7-19(20)24)21(27-31-14)22(29)26-17-10-25-28(12-17)11-15-5-4-6-16(23)9-15/h2-10,12H,11,13H2,1H3,(H,26,29). The highest BCUT2D eigenvalue weighted by molar-refractivity contribution is 6.03. The molecule has 0 bridgehead atoms. The third-order valence-electron chi connectivity index (χ3n) is 4.53. The predicted molar refractivity (Wildman–Crippen MR) is 108 cm³/mol. The molecule has 2 aromatic carbocycles. The summed E-state index contributed by atoms with van der Waals surface area (Å²) in [5.74, 6) is -0.899. The van der Waals surface area contributed by atoms with E-state index >= 15 is 0 Å². The van der Waals surface area contributed by atoms with Crippen LogP contribution in [-0.4, -0.2) is 20.8 Å². The number of hydrogen-bond acceptors (Lipinski definition) is 5. The Kier molecular flexibility index (Phi) is 5.74. The fourth-order valence-electron chi connectivity index (χ4n) is 2.98. The Hall–Kier alpha value is -4.01. The zero-order valence-corrected chi connectivity index (χ0v) is 16.5. The summed E-state index contributed by atoms with van der Waals surface area (Å²) < 4.78 is 39.3. The van der Waals surface area contributed by atoms with Crippen LogP contribution in [0.1, 0.15) is 27.4 Å². The maximum Gasteiger partial charge on any atom is 0.278 e. The van der Waals surface area contributed by atoms with Crippen LogP contribution in [0.2, 0.25) is 0 Å². The number of nitrogens with zero attached hydrogens (tertiary/aromatic N) is 3. The van der Waals surface area contributed by atoms with Crippen molar-refractivity contribution in [2.24, 2.45) is 0 Å². The Morgan fingerprint density at radius 3 is 2.84 bits per heavy atom. The van der Waals surface area contributed by atoms with Crippen molar-refractivity contribution in [1.82, 2.24) is 14.9 Å². The number of carbonyl (C=O) groups excluding carboxylic acids is 1. The highest BCUT2D eigenvalue weighted by atomic mass is 19.1. The van der Waals surface area contributed by atoms with Gasteiger partial charge >= 0.3 is 0 Å². The largest absolute Gasteiger partial charge is 0.486 e. The molecule has 0 unspecified atom stereocenters. The zero-order valence-electron chi connectivity index (χ0n) is 16.5. The van der Waals surface area contributed by atoms with Gasteiger partial charge in [0.25, 0.3) is 5.91 Å². The Balaban J connectivity index is 1.43. The molecule has 0 saturated carbocycles. The number of anilines is 1. The summed E-state index contributed by atoms with van der Waals surface area (Å²) in [6.07, 6.45) is 3.09. The molecule has 0 aliphatic carbocycles. The first-order valence-corrected chi connectivity index (χ1v) is 9.40. The van der Waals surface area contributed by atoms with Crippen molar-refractivity contribution in [3.05, 3.63) is 95.1 Å². The van der Waals surface area contributed by atoms with E-state index in [-0.39, 0.29) is 23.9 Å². The first-order chi connectivity index (χ1) is 15.0. The first-order valence-electron chi connectivity index (χ1n) is 9.40. The minimum Gasteiger partial charge on any atom is -0.486 e. The van der Waals surface area contributed by atoms with Gasteiger partial charge in [-0.1, -0.05) is 29.4 Å². The maximum absolute atomic E-state index is 13.8. The van der Waals surface area contributed by atoms with Crippen molar-refractivity contribution < 1.29 is 22.8 Å². The molecular weight excluding hydrogens is 406 g/mol. The molecule has 0 atom stereocenters. The van der Waals surface area contributed by atoms with Crippen LogP contribution < -0.4 is 10.1 Å². The van der Waals surface area contributed by atoms with Crippen LogP contribution in [0.15, 0.2) is 65.4 Å². The van der Waals surface area contributed by atoms with E-state index in [1.807, 2.05) is 0 Å². The van der Waals surface area contributed by atoms with Gasteiger partial charge in [0.1, 0.15) is 18.2 Å². The van der Waals surface area contributed by atoms with Crippen molar-refractivity contribution in [3.63, 3.8) is 0 Å². The number of rotatable bonds is 7. The van der Waals surface area contributed by atoms with Crippen LogP contribution in [0, 0.1) is 18.6 Å². The molecule has 158 valence electrons. The Morgan fingerprint density at radius 1 is 1.19 bits per heavy atom. The van der Waals surface area contributed by atoms with Gasteiger partial charge in [0.15, 0.2) is 17.3 Å². The minimum atomic E-state index is -0.519. The van der Waals surface area contributed by atoms with E-state index in [4.69, 9.17) is 9.26 Å². The number of aromatic nitrogens is 3. The molecule has 7 nitrogen and oxygen atoms in total. The SMILES string of the molecule is Cc1onc(C(=O)Nc2cnn(Cc3cccc(F)c3)c2)c1COc1ccccc1F. The van der Waals surface area contributed by atoms with Crippen molar-refractivity contribution in [2.45, 2.75) is 20.1 Å². The van der Waals surface area contributed by atoms with E-state index < -0.39 is 11.7 Å². The number of amides is 1. The van der Waals surface area contributed by atoms with Crippen molar-refractivity contribution in [1.29, 1.82) is 0 Å². The van der Waals surface area contributed by atoms with E-state index in [1.165, 1.54) is 30.5 Å². The lowest BCUT2D eigenvalue weighted by Crippen LogP contribution is -2.15. The number of benzene rings is 2. The van der Waals surface area contributed by atoms with Crippen LogP contribution >= 0.6 is 0 Å². The lowest BCUT2D eigenvalue weighted by Gasteiger charge is -2.07. The van der Waals surface area contributed by atoms with E-state index in [9.17, 15) is 13.6 Å². The Labute approximate surface area is 176 Å². The van der Waals surface area contributed by atoms with Crippen LogP contribution in [0.3, 0.4) is 0 Å². The topological polar surface area (TPSA) is 82.2 Å². The van der Waals surface area contributed by atoms with E-state index in [0.717, 1.165) is 5.56 Å². The van der Waals surface area contributed by atoms with Crippen molar-refractivity contribution in [3.8, 4) is 5.75 Å². The van der Waals surface area contributed by atoms with Gasteiger partial charge < -0.3 is 14.6 Å². The number of para-hydroxylation sites is 1. The van der Waals surface area contributed by atoms with Gasteiger partial charge in [-0.3, -0.25) is 9.48 Å². The molecule has 4 rings (SSSR count). The number of halogens is 2. The quantitative estimate of drug-likeness (QED) is 0.477. The molecule has 2 heterocycles. The van der Waals surface area contributed by atoms with Gasteiger partial charge in [-0.2, -0.15) is 5.10 Å². The van der Waals surface area contributed by atoms with Gasteiger partial charge in [-0.05, 0) is 36.8 Å². The van der Waals surface area contributed by atoms with Gasteiger partial charge in [0.2, 0.25) is 0 Å². The van der Waals surface area contributed by atoms with Crippen molar-refractivity contribution >= 4 is 11.6 Å². The average molecular weight is 424 g/mol. The number of aryl methyl sites for hydroxylation is 1. The fourth-order valence-corrected chi connectivity index (χ4v) is 2.98. The molecule has 0 spiro atoms. The molecule has 0 saturated heterocycles. The number of hydrogen-bond donors (Lipinski definition) is 1. The molecule has 9 heteroatoms. The molecule has 0 aliphatic heterocycles. The Bertz CT molecular complexity index is 1220. The second kappa shape index (κ2) is 8.78. The number of carbonyl (C=O) groups is 1. The highest BCUT2D eigenvalue weighted by Crippen LogP contribution is 2.21. The van der Waals surface area contributed by atoms with E-state index in [2.05, 4.69) is 15.6 Å². The summed E-state index contributed by atoms with van der Waals surface area (Å²) >= 11 is 0. The molecule has 1 amide bonds. The number of nitrogens with one attached hydrogen (secondary N) is 1. The molecule has 1 N–H and O–H groups in total. The fraction of sp³-hybridized carbons (Fsp3) is 0.136. The van der Waals surface area contributed by atoms with Crippen LogP contribution in [0.25, 0.3) is 0 Å². The maximum atomic E-state index is 13.8. The summed E-state index contributed by atoms with van der Waals surface area (Å²) in [4.78, 5) is 12.7. The Morgan fingerprint density at radius 2 is 2.03 bits per heavy atom. The molecule has 4 aromatic rings. The monoisotopic (exact) mass is 424 g/mol. The summed E-state index contributed by atoms with van der Waals surface area (Å²) in [7, 11) is 0. The van der Waals surface area contributed by atoms with Gasteiger partial charge in [-0.15, -0.1) is 0 Å². The summed E-state index contributed by atoms with van der Waals surface area (Å²) in [6, 6.07) is 12.2. The number of ether oxygens (including phenoxy) is 1. The van der Waals surface area contributed by atoms with Gasteiger partial charge in [0, 0.05) is 6.20 Å². The van der Waals surface area contributed by atoms with Crippen LogP contribution in [-0.2, 0) is 13.2 Å². The van der Waals surface area contributed by atoms with Crippen LogP contribution in [0.4, 0.5) is 14.5 Å². The summed E-state index contributed by atoms with van der Waals surface area (Å²) in [5, 5.41) is 10.7. The minimum absolute atomic E-state index is 0.0340. The smallest absolute Gasteiger partial charge is 0.278 e. The van der Waals surface area contributed by atoms with Crippen molar-refractivity contribution in [2.75, 3.05) is 5.32 Å². The normalized spacial score (nSPS) is 10.8. The molecule has 0 fully saturated rings. The van der Waals surface area contributed by atoms with Crippen LogP contribution in [0.5, 0.6) is 5.75 Å². The molecule has 0 aliphatic rings. The summed E-state index contributed by atoms with van der Waals surface area (Å²) in [5.41, 5.74) is 1.61. The van der Waals surface area contributed by atoms with E-state index in [0.29, 0.717) is 23.6 Å². The lowest BCUT2D eigenvalue weighted by molar-refractivity contribution is 0.101. The third-order valence-corrected chi connectivity index (χ3v) is 4.53. The molecule has 31 heavy (non-hydrogen) atoms. The van der Waals surface area contributed by atoms with E-state index in [1.54, 1.807) is 42.1 Å².